The Morgan fingerprint density at radius 1 is 1.35 bits per heavy atom. The largest absolute Gasteiger partial charge is 0.573 e. The highest BCUT2D eigenvalue weighted by Crippen LogP contribution is 2.40. The summed E-state index contributed by atoms with van der Waals surface area (Å²) < 4.78 is 68.8. The first-order valence-corrected chi connectivity index (χ1v) is 4.12. The number of pyridine rings is 1. The maximum Gasteiger partial charge on any atom is 0.573 e. The molecule has 0 radical (unpaired) electrons. The van der Waals surface area contributed by atoms with Crippen LogP contribution in [0.2, 0.25) is 0 Å². The van der Waals surface area contributed by atoms with Gasteiger partial charge in [0.25, 0.3) is 12.3 Å². The van der Waals surface area contributed by atoms with Gasteiger partial charge in [-0.25, -0.2) is 13.8 Å². The molecule has 0 atom stereocenters. The summed E-state index contributed by atoms with van der Waals surface area (Å²) in [7, 11) is 1.01. The normalized spacial score (nSPS) is 11.7. The van der Waals surface area contributed by atoms with Crippen LogP contribution >= 0.6 is 0 Å². The molecule has 0 spiro atoms. The number of hydrogen-bond acceptors (Lipinski definition) is 4. The van der Waals surface area contributed by atoms with E-state index in [4.69, 9.17) is 5.73 Å². The molecule has 0 aromatic carbocycles. The fraction of sp³-hybridized carbons (Fsp3) is 0.375. The van der Waals surface area contributed by atoms with Gasteiger partial charge in [0.05, 0.1) is 18.4 Å². The highest BCUT2D eigenvalue weighted by molar-refractivity contribution is 5.62. The van der Waals surface area contributed by atoms with Crippen LogP contribution in [0.4, 0.5) is 27.6 Å². The van der Waals surface area contributed by atoms with Crippen LogP contribution < -0.4 is 15.2 Å². The molecule has 9 heteroatoms. The highest BCUT2D eigenvalue weighted by atomic mass is 19.4. The number of hydrogen-bond donors (Lipinski definition) is 1. The minimum atomic E-state index is -5.08. The molecule has 0 amide bonds. The van der Waals surface area contributed by atoms with Crippen LogP contribution in [-0.4, -0.2) is 18.5 Å². The summed E-state index contributed by atoms with van der Waals surface area (Å²) >= 11 is 0. The van der Waals surface area contributed by atoms with E-state index in [2.05, 4.69) is 14.5 Å². The Labute approximate surface area is 92.1 Å². The Hall–Kier alpha value is -1.80. The molecule has 1 heterocycles. The number of nitrogen functional groups attached to an aromatic ring is 1. The molecule has 0 aliphatic rings. The quantitative estimate of drug-likeness (QED) is 0.846. The van der Waals surface area contributed by atoms with Crippen molar-refractivity contribution < 1.29 is 31.4 Å². The maximum absolute atomic E-state index is 12.4. The summed E-state index contributed by atoms with van der Waals surface area (Å²) in [5.41, 5.74) is 3.43. The van der Waals surface area contributed by atoms with Crippen LogP contribution in [0.15, 0.2) is 6.20 Å². The van der Waals surface area contributed by atoms with E-state index in [9.17, 15) is 22.0 Å². The molecule has 1 aromatic rings. The molecule has 1 aromatic heterocycles. The number of alkyl halides is 5. The third-order valence-electron chi connectivity index (χ3n) is 1.72. The number of nitrogens with two attached hydrogens (primary N) is 1. The van der Waals surface area contributed by atoms with Crippen LogP contribution in [0.25, 0.3) is 0 Å². The molecule has 0 saturated heterocycles. The van der Waals surface area contributed by atoms with Crippen molar-refractivity contribution in [2.24, 2.45) is 0 Å². The average Bonchev–Trinajstić information content (AvgIpc) is 2.18. The lowest BCUT2D eigenvalue weighted by molar-refractivity contribution is -0.274. The van der Waals surface area contributed by atoms with Crippen LogP contribution in [0, 0.1) is 0 Å². The summed E-state index contributed by atoms with van der Waals surface area (Å²) in [6, 6.07) is 0. The predicted molar refractivity (Wildman–Crippen MR) is 46.8 cm³/mol. The summed E-state index contributed by atoms with van der Waals surface area (Å²) in [5.74, 6) is -1.69. The molecular weight excluding hydrogens is 251 g/mol. The lowest BCUT2D eigenvalue weighted by Gasteiger charge is -2.15. The van der Waals surface area contributed by atoms with Crippen molar-refractivity contribution in [2.45, 2.75) is 12.8 Å². The maximum atomic E-state index is 12.4. The van der Waals surface area contributed by atoms with Gasteiger partial charge in [0.2, 0.25) is 5.75 Å². The summed E-state index contributed by atoms with van der Waals surface area (Å²) in [6.45, 7) is 0. The molecule has 0 fully saturated rings. The van der Waals surface area contributed by atoms with Gasteiger partial charge >= 0.3 is 6.36 Å². The highest BCUT2D eigenvalue weighted by Gasteiger charge is 2.35. The fourth-order valence-corrected chi connectivity index (χ4v) is 1.04. The first kappa shape index (κ1) is 13.3. The van der Waals surface area contributed by atoms with E-state index in [-0.39, 0.29) is 0 Å². The van der Waals surface area contributed by atoms with Gasteiger partial charge in [-0.05, 0) is 0 Å². The van der Waals surface area contributed by atoms with Gasteiger partial charge in [0.15, 0.2) is 0 Å². The minimum Gasteiger partial charge on any atom is -0.478 e. The van der Waals surface area contributed by atoms with E-state index in [1.807, 2.05) is 0 Å². The van der Waals surface area contributed by atoms with Crippen molar-refractivity contribution in [2.75, 3.05) is 12.8 Å². The van der Waals surface area contributed by atoms with Crippen molar-refractivity contribution >= 4 is 5.69 Å². The second kappa shape index (κ2) is 4.60. The monoisotopic (exact) mass is 258 g/mol. The Morgan fingerprint density at radius 2 is 1.94 bits per heavy atom. The van der Waals surface area contributed by atoms with Crippen molar-refractivity contribution in [3.05, 3.63) is 11.8 Å². The molecule has 17 heavy (non-hydrogen) atoms. The molecule has 0 aliphatic carbocycles. The second-order valence-electron chi connectivity index (χ2n) is 2.81. The zero-order valence-corrected chi connectivity index (χ0v) is 8.39. The van der Waals surface area contributed by atoms with Gasteiger partial charge in [0, 0.05) is 6.20 Å². The number of rotatable bonds is 3. The predicted octanol–water partition coefficient (Wildman–Crippen LogP) is 2.51. The van der Waals surface area contributed by atoms with Crippen LogP contribution in [0.5, 0.6) is 11.6 Å². The van der Waals surface area contributed by atoms with Crippen LogP contribution in [0.3, 0.4) is 0 Å². The van der Waals surface area contributed by atoms with Gasteiger partial charge in [-0.2, -0.15) is 0 Å². The van der Waals surface area contributed by atoms with Gasteiger partial charge < -0.3 is 15.2 Å². The van der Waals surface area contributed by atoms with E-state index in [0.717, 1.165) is 7.11 Å². The average molecular weight is 258 g/mol. The Kier molecular flexibility index (Phi) is 3.59. The standard InChI is InChI=1S/C8H7F5N2O2/c1-16-7-5(17-8(11,12)13)4(14)3(2-15-7)6(9)10/h2,6H,1H3,(H2,14,15). The molecule has 96 valence electrons. The minimum absolute atomic E-state index is 0.621. The van der Waals surface area contributed by atoms with Crippen molar-refractivity contribution in [3.8, 4) is 11.6 Å². The smallest absolute Gasteiger partial charge is 0.478 e. The number of nitrogens with zero attached hydrogens (tertiary/aromatic N) is 1. The first-order chi connectivity index (χ1) is 7.76. The van der Waals surface area contributed by atoms with Gasteiger partial charge in [-0.15, -0.1) is 13.2 Å². The van der Waals surface area contributed by atoms with Gasteiger partial charge in [-0.3, -0.25) is 0 Å². The van der Waals surface area contributed by atoms with Gasteiger partial charge in [0.1, 0.15) is 0 Å². The van der Waals surface area contributed by atoms with Gasteiger partial charge in [-0.1, -0.05) is 0 Å². The summed E-state index contributed by atoms with van der Waals surface area (Å²) in [4.78, 5) is 3.26. The molecule has 0 unspecified atom stereocenters. The van der Waals surface area contributed by atoms with E-state index in [1.54, 1.807) is 0 Å². The summed E-state index contributed by atoms with van der Waals surface area (Å²) in [6.07, 6.45) is -7.52. The second-order valence-corrected chi connectivity index (χ2v) is 2.81. The number of halogens is 5. The molecule has 4 nitrogen and oxygen atoms in total. The van der Waals surface area contributed by atoms with Crippen LogP contribution in [0.1, 0.15) is 12.0 Å². The number of methoxy groups -OCH3 is 1. The zero-order valence-electron chi connectivity index (χ0n) is 8.39. The molecular formula is C8H7F5N2O2. The lowest BCUT2D eigenvalue weighted by Crippen LogP contribution is -2.19. The third-order valence-corrected chi connectivity index (χ3v) is 1.72. The first-order valence-electron chi connectivity index (χ1n) is 4.12. The number of anilines is 1. The van der Waals surface area contributed by atoms with Crippen LogP contribution in [-0.2, 0) is 0 Å². The van der Waals surface area contributed by atoms with E-state index >= 15 is 0 Å². The molecule has 2 N–H and O–H groups in total. The molecule has 0 aliphatic heterocycles. The molecule has 0 bridgehead atoms. The topological polar surface area (TPSA) is 57.4 Å². The zero-order chi connectivity index (χ0) is 13.2. The van der Waals surface area contributed by atoms with Crippen molar-refractivity contribution in [1.82, 2.24) is 4.98 Å². The van der Waals surface area contributed by atoms with E-state index in [1.165, 1.54) is 0 Å². The third kappa shape index (κ3) is 3.08. The Balaban J connectivity index is 3.28. The van der Waals surface area contributed by atoms with E-state index < -0.39 is 35.7 Å². The SMILES string of the molecule is COc1ncc(C(F)F)c(N)c1OC(F)(F)F. The summed E-state index contributed by atoms with van der Waals surface area (Å²) in [5, 5.41) is 0. The fourth-order valence-electron chi connectivity index (χ4n) is 1.04. The number of ether oxygens (including phenoxy) is 2. The molecule has 0 saturated carbocycles. The number of aromatic nitrogens is 1. The lowest BCUT2D eigenvalue weighted by atomic mass is 10.2. The van der Waals surface area contributed by atoms with Crippen molar-refractivity contribution in [3.63, 3.8) is 0 Å². The molecule has 1 rings (SSSR count). The van der Waals surface area contributed by atoms with Crippen molar-refractivity contribution in [1.29, 1.82) is 0 Å². The Bertz CT molecular complexity index is 408. The Morgan fingerprint density at radius 3 is 2.35 bits per heavy atom. The van der Waals surface area contributed by atoms with E-state index in [0.29, 0.717) is 6.20 Å².